The van der Waals surface area contributed by atoms with Crippen LogP contribution >= 0.6 is 0 Å². The molecule has 1 atom stereocenters. The van der Waals surface area contributed by atoms with E-state index in [1.807, 2.05) is 0 Å². The van der Waals surface area contributed by atoms with Gasteiger partial charge < -0.3 is 0 Å². The van der Waals surface area contributed by atoms with Gasteiger partial charge in [-0.2, -0.15) is 0 Å². The van der Waals surface area contributed by atoms with Gasteiger partial charge in [0.05, 0.1) is 16.4 Å². The molecule has 0 aliphatic carbocycles. The quantitative estimate of drug-likeness (QED) is 0.365. The van der Waals surface area contributed by atoms with Crippen molar-refractivity contribution in [2.24, 2.45) is 5.92 Å². The Labute approximate surface area is 121 Å². The summed E-state index contributed by atoms with van der Waals surface area (Å²) in [5.74, 6) is -1.86. The van der Waals surface area contributed by atoms with E-state index in [9.17, 15) is 19.7 Å². The van der Waals surface area contributed by atoms with E-state index in [2.05, 4.69) is 0 Å². The summed E-state index contributed by atoms with van der Waals surface area (Å²) in [7, 11) is 0. The fourth-order valence-corrected chi connectivity index (χ4v) is 2.05. The van der Waals surface area contributed by atoms with Crippen LogP contribution < -0.4 is 0 Å². The van der Waals surface area contributed by atoms with Crippen molar-refractivity contribution < 1.29 is 14.5 Å². The van der Waals surface area contributed by atoms with E-state index in [0.29, 0.717) is 5.56 Å². The Hall–Kier alpha value is -2.82. The van der Waals surface area contributed by atoms with Crippen LogP contribution in [0.2, 0.25) is 0 Å². The maximum absolute atomic E-state index is 12.4. The number of Topliss-reactive ketones (excluding diaryl/α,β-unsaturated/α-hetero) is 2. The third-order valence-corrected chi connectivity index (χ3v) is 3.21. The molecule has 0 fully saturated rings. The largest absolute Gasteiger partial charge is 0.293 e. The van der Waals surface area contributed by atoms with Crippen LogP contribution in [0.15, 0.2) is 54.6 Å². The number of nitrogens with zero attached hydrogens (tertiary/aromatic N) is 1. The monoisotopic (exact) mass is 283 g/mol. The van der Waals surface area contributed by atoms with Crippen LogP contribution in [0.25, 0.3) is 0 Å². The second kappa shape index (κ2) is 6.09. The van der Waals surface area contributed by atoms with Gasteiger partial charge in [0.1, 0.15) is 0 Å². The predicted molar refractivity (Wildman–Crippen MR) is 77.4 cm³/mol. The van der Waals surface area contributed by atoms with Crippen LogP contribution in [-0.4, -0.2) is 16.5 Å². The van der Waals surface area contributed by atoms with Gasteiger partial charge in [0.2, 0.25) is 0 Å². The third-order valence-electron chi connectivity index (χ3n) is 3.21. The van der Waals surface area contributed by atoms with Crippen molar-refractivity contribution in [3.8, 4) is 0 Å². The summed E-state index contributed by atoms with van der Waals surface area (Å²) in [5.41, 5.74) is 0.0893. The minimum atomic E-state index is -0.964. The number of carbonyl (C=O) groups excluding carboxylic acids is 2. The molecule has 0 aromatic heterocycles. The van der Waals surface area contributed by atoms with Gasteiger partial charge >= 0.3 is 0 Å². The number of benzene rings is 2. The lowest BCUT2D eigenvalue weighted by atomic mass is 9.91. The molecule has 5 heteroatoms. The smallest absolute Gasteiger partial charge is 0.280 e. The van der Waals surface area contributed by atoms with E-state index in [1.165, 1.54) is 25.1 Å². The average molecular weight is 283 g/mol. The highest BCUT2D eigenvalue weighted by Gasteiger charge is 2.28. The average Bonchev–Trinajstić information content (AvgIpc) is 2.53. The van der Waals surface area contributed by atoms with E-state index in [4.69, 9.17) is 0 Å². The highest BCUT2D eigenvalue weighted by Crippen LogP contribution is 2.22. The standard InChI is InChI=1S/C16H13NO4/c1-11(15(18)12-7-3-2-4-8-12)16(19)13-9-5-6-10-14(13)17(20)21/h2-11H,1H3. The van der Waals surface area contributed by atoms with Crippen LogP contribution in [0, 0.1) is 16.0 Å². The topological polar surface area (TPSA) is 77.3 Å². The van der Waals surface area contributed by atoms with E-state index < -0.39 is 16.6 Å². The summed E-state index contributed by atoms with van der Waals surface area (Å²) in [6.45, 7) is 1.47. The minimum absolute atomic E-state index is 0.0423. The number of rotatable bonds is 5. The molecule has 2 rings (SSSR count). The summed E-state index contributed by atoms with van der Waals surface area (Å²) >= 11 is 0. The van der Waals surface area contributed by atoms with Crippen molar-refractivity contribution in [2.75, 3.05) is 0 Å². The zero-order valence-corrected chi connectivity index (χ0v) is 11.4. The van der Waals surface area contributed by atoms with E-state index in [0.717, 1.165) is 0 Å². The van der Waals surface area contributed by atoms with Crippen LogP contribution in [0.4, 0.5) is 5.69 Å². The summed E-state index contributed by atoms with van der Waals surface area (Å²) in [6, 6.07) is 14.1. The molecule has 21 heavy (non-hydrogen) atoms. The second-order valence-electron chi connectivity index (χ2n) is 4.59. The molecule has 0 saturated carbocycles. The van der Waals surface area contributed by atoms with Crippen molar-refractivity contribution in [3.05, 3.63) is 75.8 Å². The van der Waals surface area contributed by atoms with Gasteiger partial charge in [0.15, 0.2) is 11.6 Å². The van der Waals surface area contributed by atoms with Gasteiger partial charge in [-0.1, -0.05) is 42.5 Å². The maximum Gasteiger partial charge on any atom is 0.280 e. The molecule has 0 bridgehead atoms. The lowest BCUT2D eigenvalue weighted by molar-refractivity contribution is -0.385. The summed E-state index contributed by atoms with van der Waals surface area (Å²) in [4.78, 5) is 34.9. The zero-order valence-electron chi connectivity index (χ0n) is 11.4. The SMILES string of the molecule is CC(C(=O)c1ccccc1)C(=O)c1ccccc1[N+](=O)[O-]. The first-order valence-electron chi connectivity index (χ1n) is 6.39. The Bertz CT molecular complexity index is 694. The number of para-hydroxylation sites is 1. The fraction of sp³-hybridized carbons (Fsp3) is 0.125. The molecule has 106 valence electrons. The Morgan fingerprint density at radius 2 is 1.52 bits per heavy atom. The third kappa shape index (κ3) is 3.02. The van der Waals surface area contributed by atoms with E-state index in [-0.39, 0.29) is 17.0 Å². The molecule has 2 aromatic rings. The Kier molecular flexibility index (Phi) is 4.23. The summed E-state index contributed by atoms with van der Waals surface area (Å²) in [6.07, 6.45) is 0. The molecule has 0 heterocycles. The molecule has 0 aliphatic rings. The molecule has 5 nitrogen and oxygen atoms in total. The highest BCUT2D eigenvalue weighted by molar-refractivity contribution is 6.17. The lowest BCUT2D eigenvalue weighted by Crippen LogP contribution is -2.22. The van der Waals surface area contributed by atoms with Gasteiger partial charge in [-0.05, 0) is 13.0 Å². The molecular formula is C16H13NO4. The van der Waals surface area contributed by atoms with Crippen molar-refractivity contribution >= 4 is 17.3 Å². The maximum atomic E-state index is 12.4. The highest BCUT2D eigenvalue weighted by atomic mass is 16.6. The van der Waals surface area contributed by atoms with Crippen LogP contribution in [0.3, 0.4) is 0 Å². The van der Waals surface area contributed by atoms with Crippen molar-refractivity contribution in [1.82, 2.24) is 0 Å². The minimum Gasteiger partial charge on any atom is -0.293 e. The summed E-state index contributed by atoms with van der Waals surface area (Å²) < 4.78 is 0. The number of nitro benzene ring substituents is 1. The van der Waals surface area contributed by atoms with E-state index in [1.54, 1.807) is 36.4 Å². The van der Waals surface area contributed by atoms with Gasteiger partial charge in [-0.3, -0.25) is 19.7 Å². The van der Waals surface area contributed by atoms with Gasteiger partial charge in [0.25, 0.3) is 5.69 Å². The normalized spacial score (nSPS) is 11.7. The molecule has 1 unspecified atom stereocenters. The predicted octanol–water partition coefficient (Wildman–Crippen LogP) is 3.30. The molecule has 2 aromatic carbocycles. The number of hydrogen-bond acceptors (Lipinski definition) is 4. The molecule has 0 saturated heterocycles. The number of nitro groups is 1. The Balaban J connectivity index is 2.32. The van der Waals surface area contributed by atoms with Gasteiger partial charge in [-0.25, -0.2) is 0 Å². The molecule has 0 aliphatic heterocycles. The van der Waals surface area contributed by atoms with Crippen LogP contribution in [0.1, 0.15) is 27.6 Å². The lowest BCUT2D eigenvalue weighted by Gasteiger charge is -2.09. The van der Waals surface area contributed by atoms with Gasteiger partial charge in [-0.15, -0.1) is 0 Å². The summed E-state index contributed by atoms with van der Waals surface area (Å²) in [5, 5.41) is 11.0. The molecule has 0 radical (unpaired) electrons. The number of carbonyl (C=O) groups is 2. The number of ketones is 2. The first kappa shape index (κ1) is 14.6. The van der Waals surface area contributed by atoms with Crippen molar-refractivity contribution in [2.45, 2.75) is 6.92 Å². The number of hydrogen-bond donors (Lipinski definition) is 0. The van der Waals surface area contributed by atoms with Crippen molar-refractivity contribution in [3.63, 3.8) is 0 Å². The molecular weight excluding hydrogens is 270 g/mol. The Morgan fingerprint density at radius 1 is 0.952 bits per heavy atom. The molecule has 0 N–H and O–H groups in total. The van der Waals surface area contributed by atoms with E-state index >= 15 is 0 Å². The zero-order chi connectivity index (χ0) is 15.4. The van der Waals surface area contributed by atoms with Gasteiger partial charge in [0, 0.05) is 11.6 Å². The van der Waals surface area contributed by atoms with Crippen LogP contribution in [0.5, 0.6) is 0 Å². The van der Waals surface area contributed by atoms with Crippen molar-refractivity contribution in [1.29, 1.82) is 0 Å². The van der Waals surface area contributed by atoms with Crippen LogP contribution in [-0.2, 0) is 0 Å². The fourth-order valence-electron chi connectivity index (χ4n) is 2.05. The Morgan fingerprint density at radius 3 is 2.14 bits per heavy atom. The second-order valence-corrected chi connectivity index (χ2v) is 4.59. The molecule has 0 spiro atoms. The first-order valence-corrected chi connectivity index (χ1v) is 6.39. The first-order chi connectivity index (χ1) is 10.0. The molecule has 0 amide bonds.